The molecule has 0 saturated carbocycles. The summed E-state index contributed by atoms with van der Waals surface area (Å²) in [5.74, 6) is 0.532. The quantitative estimate of drug-likeness (QED) is 0.535. The van der Waals surface area contributed by atoms with E-state index in [-0.39, 0.29) is 13.2 Å². The van der Waals surface area contributed by atoms with Gasteiger partial charge < -0.3 is 25.0 Å². The van der Waals surface area contributed by atoms with Crippen LogP contribution in [0, 0.1) is 0 Å². The maximum Gasteiger partial charge on any atom is 0.158 e. The molecule has 0 aromatic rings. The Morgan fingerprint density at radius 1 is 1.42 bits per heavy atom. The Morgan fingerprint density at radius 2 is 2.26 bits per heavy atom. The highest BCUT2D eigenvalue weighted by atomic mass is 16.5. The van der Waals surface area contributed by atoms with E-state index in [0.29, 0.717) is 24.6 Å². The van der Waals surface area contributed by atoms with Gasteiger partial charge in [-0.15, -0.1) is 0 Å². The lowest BCUT2D eigenvalue weighted by Crippen LogP contribution is -2.42. The van der Waals surface area contributed by atoms with E-state index in [1.165, 1.54) is 6.34 Å². The molecule has 0 amide bonds. The molecule has 8 heteroatoms. The molecule has 3 aliphatic rings. The zero-order valence-electron chi connectivity index (χ0n) is 10.3. The maximum absolute atomic E-state index is 9.89. The van der Waals surface area contributed by atoms with Crippen LogP contribution in [0.4, 0.5) is 0 Å². The van der Waals surface area contributed by atoms with Gasteiger partial charge in [0.1, 0.15) is 37.2 Å². The number of amidine groups is 1. The van der Waals surface area contributed by atoms with Crippen LogP contribution in [-0.2, 0) is 4.74 Å². The molecule has 0 unspecified atom stereocenters. The van der Waals surface area contributed by atoms with Crippen LogP contribution in [0.5, 0.6) is 0 Å². The third kappa shape index (κ3) is 2.16. The zero-order chi connectivity index (χ0) is 13.4. The first-order valence-electron chi connectivity index (χ1n) is 6.20. The van der Waals surface area contributed by atoms with Gasteiger partial charge in [-0.05, 0) is 0 Å². The van der Waals surface area contributed by atoms with Crippen molar-refractivity contribution in [2.45, 2.75) is 31.0 Å². The topological polar surface area (TPSA) is 110 Å². The molecule has 0 spiro atoms. The molecule has 0 bridgehead atoms. The molecule has 19 heavy (non-hydrogen) atoms. The highest BCUT2D eigenvalue weighted by molar-refractivity contribution is 6.45. The van der Waals surface area contributed by atoms with Crippen molar-refractivity contribution >= 4 is 17.9 Å². The maximum atomic E-state index is 9.89. The summed E-state index contributed by atoms with van der Waals surface area (Å²) in [7, 11) is 0. The van der Waals surface area contributed by atoms with E-state index in [0.717, 1.165) is 0 Å². The lowest BCUT2D eigenvalue weighted by atomic mass is 10.1. The van der Waals surface area contributed by atoms with Crippen molar-refractivity contribution < 1.29 is 20.1 Å². The van der Waals surface area contributed by atoms with E-state index in [1.807, 2.05) is 0 Å². The number of ether oxygens (including phenoxy) is 1. The summed E-state index contributed by atoms with van der Waals surface area (Å²) < 4.78 is 5.58. The molecule has 4 atom stereocenters. The Morgan fingerprint density at radius 3 is 3.00 bits per heavy atom. The van der Waals surface area contributed by atoms with E-state index in [9.17, 15) is 10.2 Å². The molecule has 3 aliphatic heterocycles. The summed E-state index contributed by atoms with van der Waals surface area (Å²) in [6.07, 6.45) is -0.675. The third-order valence-electron chi connectivity index (χ3n) is 3.48. The largest absolute Gasteiger partial charge is 0.394 e. The van der Waals surface area contributed by atoms with Gasteiger partial charge in [-0.25, -0.2) is 4.99 Å². The first-order valence-corrected chi connectivity index (χ1v) is 6.20. The monoisotopic (exact) mass is 268 g/mol. The smallest absolute Gasteiger partial charge is 0.158 e. The number of nitrogens with zero attached hydrogens (tertiary/aromatic N) is 4. The standard InChI is InChI=1S/C11H16N4O4/c16-3-8-6(17)1-9(19-8)15-5-14-10-7(18)2-12-4-13-11(10)15/h4,6-9,16-18H,1-3,5H2/t6-,7+,8+,9+/m0/s1. The van der Waals surface area contributed by atoms with Crippen molar-refractivity contribution in [1.29, 1.82) is 0 Å². The second-order valence-electron chi connectivity index (χ2n) is 4.72. The van der Waals surface area contributed by atoms with Gasteiger partial charge in [0, 0.05) is 6.42 Å². The Labute approximate surface area is 109 Å². The van der Waals surface area contributed by atoms with Gasteiger partial charge in [0.15, 0.2) is 5.84 Å². The molecule has 1 saturated heterocycles. The van der Waals surface area contributed by atoms with E-state index in [4.69, 9.17) is 9.84 Å². The van der Waals surface area contributed by atoms with E-state index >= 15 is 0 Å². The van der Waals surface area contributed by atoms with Gasteiger partial charge in [-0.1, -0.05) is 0 Å². The second kappa shape index (κ2) is 4.97. The summed E-state index contributed by atoms with van der Waals surface area (Å²) in [5.41, 5.74) is 0.503. The van der Waals surface area contributed by atoms with Gasteiger partial charge in [0.25, 0.3) is 0 Å². The fourth-order valence-electron chi connectivity index (χ4n) is 2.46. The summed E-state index contributed by atoms with van der Waals surface area (Å²) in [6.45, 7) is 0.345. The highest BCUT2D eigenvalue weighted by Gasteiger charge is 2.41. The highest BCUT2D eigenvalue weighted by Crippen LogP contribution is 2.26. The molecule has 104 valence electrons. The van der Waals surface area contributed by atoms with Gasteiger partial charge in [0.2, 0.25) is 0 Å². The molecule has 0 radical (unpaired) electrons. The first kappa shape index (κ1) is 12.7. The van der Waals surface area contributed by atoms with Crippen LogP contribution in [0.1, 0.15) is 6.42 Å². The van der Waals surface area contributed by atoms with Gasteiger partial charge in [0.05, 0.1) is 19.3 Å². The van der Waals surface area contributed by atoms with Crippen LogP contribution in [0.15, 0.2) is 15.0 Å². The van der Waals surface area contributed by atoms with Crippen molar-refractivity contribution in [3.8, 4) is 0 Å². The van der Waals surface area contributed by atoms with Crippen molar-refractivity contribution in [2.24, 2.45) is 15.0 Å². The second-order valence-corrected chi connectivity index (χ2v) is 4.72. The predicted octanol–water partition coefficient (Wildman–Crippen LogP) is -2.03. The molecule has 0 aromatic heterocycles. The SMILES string of the molecule is OC[C@H]1O[C@@H](N2CN=C3C2=NC=NC[C@H]3O)C[C@@H]1O. The fourth-order valence-corrected chi connectivity index (χ4v) is 2.46. The summed E-state index contributed by atoms with van der Waals surface area (Å²) >= 11 is 0. The molecule has 0 aromatic carbocycles. The van der Waals surface area contributed by atoms with Crippen LogP contribution in [0.2, 0.25) is 0 Å². The molecule has 0 aliphatic carbocycles. The minimum atomic E-state index is -0.762. The molecule has 3 N–H and O–H groups in total. The minimum Gasteiger partial charge on any atom is -0.394 e. The van der Waals surface area contributed by atoms with Crippen molar-refractivity contribution in [3.05, 3.63) is 0 Å². The number of fused-ring (bicyclic) bond motifs is 1. The average Bonchev–Trinajstić information content (AvgIpc) is 2.93. The van der Waals surface area contributed by atoms with Crippen molar-refractivity contribution in [3.63, 3.8) is 0 Å². The van der Waals surface area contributed by atoms with Crippen molar-refractivity contribution in [2.75, 3.05) is 19.8 Å². The molecule has 3 heterocycles. The summed E-state index contributed by atoms with van der Waals surface area (Å²) in [4.78, 5) is 14.1. The van der Waals surface area contributed by atoms with Crippen LogP contribution < -0.4 is 0 Å². The molecule has 3 rings (SSSR count). The Hall–Kier alpha value is -1.35. The van der Waals surface area contributed by atoms with Gasteiger partial charge >= 0.3 is 0 Å². The number of aliphatic imine (C=N–C) groups is 3. The number of hydrogen-bond donors (Lipinski definition) is 3. The number of rotatable bonds is 2. The van der Waals surface area contributed by atoms with E-state index in [2.05, 4.69) is 15.0 Å². The normalized spacial score (nSPS) is 37.9. The molecular formula is C11H16N4O4. The predicted molar refractivity (Wildman–Crippen MR) is 67.3 cm³/mol. The van der Waals surface area contributed by atoms with Crippen LogP contribution in [0.3, 0.4) is 0 Å². The summed E-state index contributed by atoms with van der Waals surface area (Å²) in [5, 5.41) is 28.7. The lowest BCUT2D eigenvalue weighted by Gasteiger charge is -2.25. The van der Waals surface area contributed by atoms with Gasteiger partial charge in [-0.3, -0.25) is 9.98 Å². The molecule has 8 nitrogen and oxygen atoms in total. The van der Waals surface area contributed by atoms with E-state index < -0.39 is 24.5 Å². The molecular weight excluding hydrogens is 252 g/mol. The van der Waals surface area contributed by atoms with Crippen LogP contribution in [0.25, 0.3) is 0 Å². The Kier molecular flexibility index (Phi) is 3.31. The first-order chi connectivity index (χ1) is 9.20. The summed E-state index contributed by atoms with van der Waals surface area (Å²) in [6, 6.07) is 0. The number of aliphatic hydroxyl groups excluding tert-OH is 3. The fraction of sp³-hybridized carbons (Fsp3) is 0.727. The van der Waals surface area contributed by atoms with Crippen LogP contribution in [-0.4, -0.2) is 82.5 Å². The number of aliphatic hydroxyl groups is 3. The Balaban J connectivity index is 1.78. The Bertz CT molecular complexity index is 450. The van der Waals surface area contributed by atoms with Crippen molar-refractivity contribution in [1.82, 2.24) is 4.90 Å². The van der Waals surface area contributed by atoms with Crippen LogP contribution >= 0.6 is 0 Å². The van der Waals surface area contributed by atoms with E-state index in [1.54, 1.807) is 4.90 Å². The zero-order valence-corrected chi connectivity index (χ0v) is 10.3. The van der Waals surface area contributed by atoms with Gasteiger partial charge in [-0.2, -0.15) is 0 Å². The average molecular weight is 268 g/mol. The number of hydrogen-bond acceptors (Lipinski definition) is 8. The minimum absolute atomic E-state index is 0.226. The third-order valence-corrected chi connectivity index (χ3v) is 3.48. The molecule has 1 fully saturated rings. The lowest BCUT2D eigenvalue weighted by molar-refractivity contribution is -0.0560.